The highest BCUT2D eigenvalue weighted by Gasteiger charge is 2.08. The fourth-order valence-electron chi connectivity index (χ4n) is 1.34. The molecule has 1 aromatic heterocycles. The molecule has 0 aliphatic heterocycles. The number of aromatic nitrogens is 1. The molecule has 0 saturated heterocycles. The molecule has 13 heavy (non-hydrogen) atoms. The highest BCUT2D eigenvalue weighted by Crippen LogP contribution is 2.26. The number of hydrogen-bond donors (Lipinski definition) is 3. The van der Waals surface area contributed by atoms with E-state index in [4.69, 9.17) is 5.73 Å². The van der Waals surface area contributed by atoms with Crippen LogP contribution in [0.15, 0.2) is 18.2 Å². The topological polar surface area (TPSA) is 79.1 Å². The third kappa shape index (κ3) is 1.03. The minimum Gasteiger partial charge on any atom is -0.494 e. The van der Waals surface area contributed by atoms with E-state index in [0.29, 0.717) is 22.9 Å². The van der Waals surface area contributed by atoms with E-state index < -0.39 is 0 Å². The summed E-state index contributed by atoms with van der Waals surface area (Å²) in [5.41, 5.74) is 7.06. The molecule has 1 aromatic carbocycles. The van der Waals surface area contributed by atoms with Crippen LogP contribution in [0.5, 0.6) is 5.88 Å². The summed E-state index contributed by atoms with van der Waals surface area (Å²) in [6.07, 6.45) is 0.615. The van der Waals surface area contributed by atoms with E-state index in [1.54, 1.807) is 18.2 Å². The lowest BCUT2D eigenvalue weighted by molar-refractivity contribution is 0.112. The van der Waals surface area contributed by atoms with Gasteiger partial charge in [0, 0.05) is 11.1 Å². The second-order valence-corrected chi connectivity index (χ2v) is 2.81. The summed E-state index contributed by atoms with van der Waals surface area (Å²) in [4.78, 5) is 13.2. The first kappa shape index (κ1) is 7.67. The average molecular weight is 176 g/mol. The quantitative estimate of drug-likeness (QED) is 0.452. The zero-order chi connectivity index (χ0) is 9.42. The first-order chi connectivity index (χ1) is 6.22. The van der Waals surface area contributed by atoms with Crippen molar-refractivity contribution in [3.63, 3.8) is 0 Å². The van der Waals surface area contributed by atoms with Crippen molar-refractivity contribution in [1.29, 1.82) is 0 Å². The molecule has 0 bridgehead atoms. The number of carbonyl (C=O) groups excluding carboxylic acids is 1. The molecule has 0 radical (unpaired) electrons. The minimum absolute atomic E-state index is 0.115. The van der Waals surface area contributed by atoms with Gasteiger partial charge < -0.3 is 15.8 Å². The summed E-state index contributed by atoms with van der Waals surface area (Å²) in [7, 11) is 0. The maximum atomic E-state index is 10.6. The summed E-state index contributed by atoms with van der Waals surface area (Å²) < 4.78 is 0. The van der Waals surface area contributed by atoms with Crippen LogP contribution in [0.4, 0.5) is 5.69 Å². The second-order valence-electron chi connectivity index (χ2n) is 2.81. The molecule has 0 aliphatic carbocycles. The normalized spacial score (nSPS) is 10.5. The Morgan fingerprint density at radius 3 is 2.92 bits per heavy atom. The largest absolute Gasteiger partial charge is 0.494 e. The van der Waals surface area contributed by atoms with Gasteiger partial charge in [0.1, 0.15) is 0 Å². The maximum Gasteiger partial charge on any atom is 0.200 e. The Morgan fingerprint density at radius 1 is 1.46 bits per heavy atom. The number of carbonyl (C=O) groups is 1. The van der Waals surface area contributed by atoms with Gasteiger partial charge >= 0.3 is 0 Å². The van der Waals surface area contributed by atoms with Crippen molar-refractivity contribution in [3.8, 4) is 5.88 Å². The van der Waals surface area contributed by atoms with Crippen molar-refractivity contribution in [2.75, 3.05) is 5.73 Å². The predicted molar refractivity (Wildman–Crippen MR) is 49.8 cm³/mol. The fraction of sp³-hybridized carbons (Fsp3) is 0. The van der Waals surface area contributed by atoms with E-state index in [-0.39, 0.29) is 11.4 Å². The summed E-state index contributed by atoms with van der Waals surface area (Å²) in [6, 6.07) is 5.05. The van der Waals surface area contributed by atoms with E-state index >= 15 is 0 Å². The molecule has 0 saturated carbocycles. The highest BCUT2D eigenvalue weighted by molar-refractivity contribution is 6.00. The Hall–Kier alpha value is -1.97. The molecule has 1 heterocycles. The molecule has 0 amide bonds. The second kappa shape index (κ2) is 2.52. The number of H-pyrrole nitrogens is 1. The number of anilines is 1. The maximum absolute atomic E-state index is 10.6. The van der Waals surface area contributed by atoms with Gasteiger partial charge in [0.2, 0.25) is 0 Å². The van der Waals surface area contributed by atoms with Crippen LogP contribution in [0.25, 0.3) is 10.9 Å². The predicted octanol–water partition coefficient (Wildman–Crippen LogP) is 1.27. The van der Waals surface area contributed by atoms with Gasteiger partial charge in [-0.2, -0.15) is 0 Å². The Morgan fingerprint density at radius 2 is 2.23 bits per heavy atom. The van der Waals surface area contributed by atoms with Gasteiger partial charge in [0.05, 0.1) is 11.1 Å². The number of aromatic amines is 1. The molecule has 0 atom stereocenters. The molecule has 4 heteroatoms. The van der Waals surface area contributed by atoms with Crippen LogP contribution in [0.2, 0.25) is 0 Å². The lowest BCUT2D eigenvalue weighted by Gasteiger charge is -1.92. The van der Waals surface area contributed by atoms with Crippen LogP contribution >= 0.6 is 0 Å². The highest BCUT2D eigenvalue weighted by atomic mass is 16.3. The number of rotatable bonds is 1. The van der Waals surface area contributed by atoms with Gasteiger partial charge in [-0.25, -0.2) is 0 Å². The van der Waals surface area contributed by atoms with Crippen molar-refractivity contribution >= 4 is 22.9 Å². The monoisotopic (exact) mass is 176 g/mol. The van der Waals surface area contributed by atoms with Gasteiger partial charge in [-0.05, 0) is 18.2 Å². The van der Waals surface area contributed by atoms with Crippen molar-refractivity contribution in [1.82, 2.24) is 4.98 Å². The van der Waals surface area contributed by atoms with Crippen LogP contribution in [-0.2, 0) is 0 Å². The summed E-state index contributed by atoms with van der Waals surface area (Å²) >= 11 is 0. The summed E-state index contributed by atoms with van der Waals surface area (Å²) in [6.45, 7) is 0. The Bertz CT molecular complexity index is 474. The molecule has 4 nitrogen and oxygen atoms in total. The van der Waals surface area contributed by atoms with E-state index in [0.717, 1.165) is 0 Å². The van der Waals surface area contributed by atoms with Gasteiger partial charge in [-0.1, -0.05) is 0 Å². The summed E-state index contributed by atoms with van der Waals surface area (Å²) in [5.74, 6) is -0.115. The van der Waals surface area contributed by atoms with E-state index in [1.807, 2.05) is 0 Å². The van der Waals surface area contributed by atoms with Crippen LogP contribution in [-0.4, -0.2) is 16.4 Å². The zero-order valence-electron chi connectivity index (χ0n) is 6.74. The fourth-order valence-corrected chi connectivity index (χ4v) is 1.34. The number of hydrogen-bond acceptors (Lipinski definition) is 3. The van der Waals surface area contributed by atoms with Crippen LogP contribution in [0.3, 0.4) is 0 Å². The molecule has 0 aliphatic rings. The lowest BCUT2D eigenvalue weighted by Crippen LogP contribution is -1.83. The Labute approximate surface area is 74.0 Å². The van der Waals surface area contributed by atoms with Gasteiger partial charge in [0.25, 0.3) is 0 Å². The molecule has 66 valence electrons. The van der Waals surface area contributed by atoms with Crippen LogP contribution < -0.4 is 5.73 Å². The van der Waals surface area contributed by atoms with Crippen LogP contribution in [0, 0.1) is 0 Å². The standard InChI is InChI=1S/C9H8N2O2/c10-5-1-2-6-7(4-12)9(13)11-8(6)3-5/h1-4,11,13H,10H2. The number of nitrogens with one attached hydrogen (secondary N) is 1. The smallest absolute Gasteiger partial charge is 0.200 e. The molecule has 4 N–H and O–H groups in total. The van der Waals surface area contributed by atoms with Gasteiger partial charge in [-0.3, -0.25) is 4.79 Å². The van der Waals surface area contributed by atoms with Crippen molar-refractivity contribution in [3.05, 3.63) is 23.8 Å². The molecule has 0 unspecified atom stereocenters. The van der Waals surface area contributed by atoms with E-state index in [9.17, 15) is 9.90 Å². The van der Waals surface area contributed by atoms with Gasteiger partial charge in [0.15, 0.2) is 12.2 Å². The molecule has 2 rings (SSSR count). The zero-order valence-corrected chi connectivity index (χ0v) is 6.74. The molecular formula is C9H8N2O2. The van der Waals surface area contributed by atoms with Crippen molar-refractivity contribution in [2.24, 2.45) is 0 Å². The molecule has 0 spiro atoms. The van der Waals surface area contributed by atoms with Crippen molar-refractivity contribution in [2.45, 2.75) is 0 Å². The minimum atomic E-state index is -0.115. The van der Waals surface area contributed by atoms with Crippen molar-refractivity contribution < 1.29 is 9.90 Å². The van der Waals surface area contributed by atoms with Crippen LogP contribution in [0.1, 0.15) is 10.4 Å². The first-order valence-electron chi connectivity index (χ1n) is 3.77. The third-order valence-corrected chi connectivity index (χ3v) is 1.96. The number of nitrogens with two attached hydrogens (primary N) is 1. The number of benzene rings is 1. The average Bonchev–Trinajstić information content (AvgIpc) is 2.39. The summed E-state index contributed by atoms with van der Waals surface area (Å²) in [5, 5.41) is 9.98. The lowest BCUT2D eigenvalue weighted by atomic mass is 10.2. The molecular weight excluding hydrogens is 168 g/mol. The molecule has 0 fully saturated rings. The van der Waals surface area contributed by atoms with E-state index in [2.05, 4.69) is 4.98 Å². The molecule has 2 aromatic rings. The Kier molecular flexibility index (Phi) is 1.48. The number of aldehydes is 1. The third-order valence-electron chi connectivity index (χ3n) is 1.96. The number of aromatic hydroxyl groups is 1. The van der Waals surface area contributed by atoms with Gasteiger partial charge in [-0.15, -0.1) is 0 Å². The number of nitrogen functional groups attached to an aromatic ring is 1. The SMILES string of the molecule is Nc1ccc2c(C=O)c(O)[nH]c2c1. The Balaban J connectivity index is 2.86. The first-order valence-corrected chi connectivity index (χ1v) is 3.77. The van der Waals surface area contributed by atoms with E-state index in [1.165, 1.54) is 0 Å². The number of fused-ring (bicyclic) bond motifs is 1.